The van der Waals surface area contributed by atoms with Crippen LogP contribution in [0.5, 0.6) is 0 Å². The van der Waals surface area contributed by atoms with E-state index in [1.807, 2.05) is 0 Å². The number of nitrogens with zero attached hydrogens (tertiary/aromatic N) is 2. The third-order valence-corrected chi connectivity index (χ3v) is 3.36. The fourth-order valence-corrected chi connectivity index (χ4v) is 2.37. The molecule has 2 nitrogen and oxygen atoms in total. The molecule has 0 N–H and O–H groups in total. The van der Waals surface area contributed by atoms with Gasteiger partial charge in [0.25, 0.3) is 0 Å². The lowest BCUT2D eigenvalue weighted by atomic mass is 10.1. The summed E-state index contributed by atoms with van der Waals surface area (Å²) in [4.78, 5) is 4.38. The van der Waals surface area contributed by atoms with Crippen LogP contribution in [0.15, 0.2) is 24.3 Å². The van der Waals surface area contributed by atoms with Crippen molar-refractivity contribution in [2.24, 2.45) is 0 Å². The molecule has 2 rings (SSSR count). The molecule has 5 heteroatoms. The van der Waals surface area contributed by atoms with Gasteiger partial charge in [0.15, 0.2) is 0 Å². The number of halogens is 3. The first-order chi connectivity index (χ1) is 8.38. The Bertz CT molecular complexity index is 400. The summed E-state index contributed by atoms with van der Waals surface area (Å²) in [6, 6.07) is 5.75. The number of rotatable bonds is 1. The Labute approximate surface area is 105 Å². The predicted octanol–water partition coefficient (Wildman–Crippen LogP) is 2.85. The minimum absolute atomic E-state index is 0.320. The molecule has 100 valence electrons. The van der Waals surface area contributed by atoms with Gasteiger partial charge in [-0.3, -0.25) is 0 Å². The summed E-state index contributed by atoms with van der Waals surface area (Å²) in [5.74, 6) is 0. The molecule has 0 amide bonds. The van der Waals surface area contributed by atoms with Crippen LogP contribution in [0.25, 0.3) is 0 Å². The minimum Gasteiger partial charge on any atom is -0.366 e. The highest BCUT2D eigenvalue weighted by atomic mass is 19.4. The van der Waals surface area contributed by atoms with E-state index in [-0.39, 0.29) is 0 Å². The van der Waals surface area contributed by atoms with Gasteiger partial charge in [-0.15, -0.1) is 0 Å². The lowest BCUT2D eigenvalue weighted by Crippen LogP contribution is -2.50. The topological polar surface area (TPSA) is 6.48 Å². The molecule has 1 aliphatic heterocycles. The molecule has 1 fully saturated rings. The second kappa shape index (κ2) is 4.80. The van der Waals surface area contributed by atoms with Crippen molar-refractivity contribution < 1.29 is 13.2 Å². The molecule has 0 radical (unpaired) electrons. The first kappa shape index (κ1) is 13.2. The highest BCUT2D eigenvalue weighted by Crippen LogP contribution is 2.31. The molecule has 1 aliphatic rings. The van der Waals surface area contributed by atoms with E-state index < -0.39 is 11.7 Å². The summed E-state index contributed by atoms with van der Waals surface area (Å²) < 4.78 is 37.4. The van der Waals surface area contributed by atoms with Crippen LogP contribution in [0.3, 0.4) is 0 Å². The van der Waals surface area contributed by atoms with Crippen molar-refractivity contribution in [2.75, 3.05) is 31.6 Å². The first-order valence-electron chi connectivity index (χ1n) is 6.00. The second-order valence-corrected chi connectivity index (χ2v) is 4.85. The van der Waals surface area contributed by atoms with Crippen molar-refractivity contribution in [1.82, 2.24) is 4.90 Å². The van der Waals surface area contributed by atoms with Gasteiger partial charge < -0.3 is 9.80 Å². The number of anilines is 1. The van der Waals surface area contributed by atoms with E-state index in [1.54, 1.807) is 12.1 Å². The maximum atomic E-state index is 12.5. The molecule has 0 bridgehead atoms. The van der Waals surface area contributed by atoms with Crippen molar-refractivity contribution >= 4 is 5.69 Å². The average Bonchev–Trinajstić information content (AvgIpc) is 2.28. The van der Waals surface area contributed by atoms with Crippen LogP contribution >= 0.6 is 0 Å². The average molecular weight is 258 g/mol. The molecule has 1 aromatic carbocycles. The van der Waals surface area contributed by atoms with Crippen LogP contribution in [-0.4, -0.2) is 37.6 Å². The van der Waals surface area contributed by atoms with Crippen molar-refractivity contribution in [3.63, 3.8) is 0 Å². The summed E-state index contributed by atoms with van der Waals surface area (Å²) in [6.07, 6.45) is -4.26. The lowest BCUT2D eigenvalue weighted by Gasteiger charge is -2.39. The van der Waals surface area contributed by atoms with Gasteiger partial charge in [0.2, 0.25) is 0 Å². The van der Waals surface area contributed by atoms with Crippen molar-refractivity contribution in [3.8, 4) is 0 Å². The van der Waals surface area contributed by atoms with E-state index in [0.29, 0.717) is 6.04 Å². The molecule has 1 atom stereocenters. The highest BCUT2D eigenvalue weighted by molar-refractivity contribution is 5.49. The maximum Gasteiger partial charge on any atom is 0.416 e. The summed E-state index contributed by atoms with van der Waals surface area (Å²) in [5, 5.41) is 0. The van der Waals surface area contributed by atoms with Crippen molar-refractivity contribution in [2.45, 2.75) is 19.1 Å². The third kappa shape index (κ3) is 2.77. The Morgan fingerprint density at radius 1 is 1.11 bits per heavy atom. The number of hydrogen-bond donors (Lipinski definition) is 0. The summed E-state index contributed by atoms with van der Waals surface area (Å²) in [6.45, 7) is 4.81. The van der Waals surface area contributed by atoms with Crippen LogP contribution in [-0.2, 0) is 6.18 Å². The smallest absolute Gasteiger partial charge is 0.366 e. The lowest BCUT2D eigenvalue weighted by molar-refractivity contribution is -0.137. The van der Waals surface area contributed by atoms with E-state index in [0.717, 1.165) is 37.5 Å². The molecule has 1 heterocycles. The Hall–Kier alpha value is -1.23. The van der Waals surface area contributed by atoms with Crippen LogP contribution in [0, 0.1) is 0 Å². The number of likely N-dealkylation sites (N-methyl/N-ethyl adjacent to an activating group) is 1. The van der Waals surface area contributed by atoms with Gasteiger partial charge in [0.05, 0.1) is 5.56 Å². The van der Waals surface area contributed by atoms with E-state index in [2.05, 4.69) is 23.8 Å². The normalized spacial score (nSPS) is 22.3. The van der Waals surface area contributed by atoms with E-state index in [4.69, 9.17) is 0 Å². The summed E-state index contributed by atoms with van der Waals surface area (Å²) >= 11 is 0. The highest BCUT2D eigenvalue weighted by Gasteiger charge is 2.30. The standard InChI is InChI=1S/C13H17F3N2/c1-10-9-17(2)7-8-18(10)12-5-3-11(4-6-12)13(14,15)16/h3-6,10H,7-9H2,1-2H3/t10-/m0/s1. The molecule has 0 saturated carbocycles. The largest absolute Gasteiger partial charge is 0.416 e. The maximum absolute atomic E-state index is 12.5. The Kier molecular flexibility index (Phi) is 3.52. The van der Waals surface area contributed by atoms with Gasteiger partial charge in [-0.05, 0) is 38.2 Å². The molecular formula is C13H17F3N2. The quantitative estimate of drug-likeness (QED) is 0.764. The van der Waals surface area contributed by atoms with Crippen molar-refractivity contribution in [1.29, 1.82) is 0 Å². The van der Waals surface area contributed by atoms with Crippen LogP contribution < -0.4 is 4.90 Å². The predicted molar refractivity (Wildman–Crippen MR) is 65.7 cm³/mol. The summed E-state index contributed by atoms with van der Waals surface area (Å²) in [7, 11) is 2.06. The van der Waals surface area contributed by atoms with E-state index in [9.17, 15) is 13.2 Å². The molecule has 0 aliphatic carbocycles. The zero-order valence-electron chi connectivity index (χ0n) is 10.5. The monoisotopic (exact) mass is 258 g/mol. The van der Waals surface area contributed by atoms with Gasteiger partial charge in [-0.2, -0.15) is 13.2 Å². The number of alkyl halides is 3. The Morgan fingerprint density at radius 2 is 1.72 bits per heavy atom. The van der Waals surface area contributed by atoms with Gasteiger partial charge >= 0.3 is 6.18 Å². The second-order valence-electron chi connectivity index (χ2n) is 4.85. The van der Waals surface area contributed by atoms with Gasteiger partial charge in [-0.1, -0.05) is 0 Å². The SMILES string of the molecule is C[C@H]1CN(C)CCN1c1ccc(C(F)(F)F)cc1. The molecule has 0 unspecified atom stereocenters. The molecule has 0 aromatic heterocycles. The number of benzene rings is 1. The third-order valence-electron chi connectivity index (χ3n) is 3.36. The van der Waals surface area contributed by atoms with Gasteiger partial charge in [0.1, 0.15) is 0 Å². The molecular weight excluding hydrogens is 241 g/mol. The minimum atomic E-state index is -4.26. The van der Waals surface area contributed by atoms with E-state index in [1.165, 1.54) is 0 Å². The summed E-state index contributed by atoms with van der Waals surface area (Å²) in [5.41, 5.74) is 0.275. The zero-order valence-corrected chi connectivity index (χ0v) is 10.5. The van der Waals surface area contributed by atoms with Crippen LogP contribution in [0.1, 0.15) is 12.5 Å². The zero-order chi connectivity index (χ0) is 13.3. The van der Waals surface area contributed by atoms with Gasteiger partial charge in [-0.25, -0.2) is 0 Å². The molecule has 0 spiro atoms. The van der Waals surface area contributed by atoms with Crippen molar-refractivity contribution in [3.05, 3.63) is 29.8 Å². The Morgan fingerprint density at radius 3 is 2.22 bits per heavy atom. The molecule has 1 saturated heterocycles. The molecule has 18 heavy (non-hydrogen) atoms. The fraction of sp³-hybridized carbons (Fsp3) is 0.538. The van der Waals surface area contributed by atoms with Crippen LogP contribution in [0.4, 0.5) is 18.9 Å². The number of piperazine rings is 1. The van der Waals surface area contributed by atoms with Crippen LogP contribution in [0.2, 0.25) is 0 Å². The fourth-order valence-electron chi connectivity index (χ4n) is 2.37. The van der Waals surface area contributed by atoms with E-state index >= 15 is 0 Å². The number of hydrogen-bond acceptors (Lipinski definition) is 2. The molecule has 1 aromatic rings. The first-order valence-corrected chi connectivity index (χ1v) is 6.00. The van der Waals surface area contributed by atoms with Gasteiger partial charge in [0, 0.05) is 31.4 Å². The Balaban J connectivity index is 2.15.